The molecule has 1 saturated carbocycles. The fourth-order valence-electron chi connectivity index (χ4n) is 4.83. The molecule has 0 spiro atoms. The van der Waals surface area contributed by atoms with E-state index in [1.165, 1.54) is 43.4 Å². The van der Waals surface area contributed by atoms with E-state index in [0.29, 0.717) is 24.0 Å². The van der Waals surface area contributed by atoms with E-state index in [2.05, 4.69) is 22.1 Å². The molecule has 6 nitrogen and oxygen atoms in total. The third-order valence-electron chi connectivity index (χ3n) is 6.88. The quantitative estimate of drug-likeness (QED) is 0.153. The summed E-state index contributed by atoms with van der Waals surface area (Å²) in [7, 11) is -3.74. The lowest BCUT2D eigenvalue weighted by atomic mass is 9.85. The van der Waals surface area contributed by atoms with E-state index in [0.717, 1.165) is 33.9 Å². The fraction of sp³-hybridized carbons (Fsp3) is 0.393. The first kappa shape index (κ1) is 26.4. The number of hydrogen-bond acceptors (Lipinski definition) is 6. The van der Waals surface area contributed by atoms with Gasteiger partial charge in [-0.2, -0.15) is 0 Å². The summed E-state index contributed by atoms with van der Waals surface area (Å²) in [5, 5.41) is 15.9. The van der Waals surface area contributed by atoms with Crippen LogP contribution in [0.1, 0.15) is 63.5 Å². The Morgan fingerprint density at radius 3 is 2.64 bits per heavy atom. The highest BCUT2D eigenvalue weighted by molar-refractivity contribution is 7.94. The second-order valence-electron chi connectivity index (χ2n) is 9.67. The van der Waals surface area contributed by atoms with Crippen molar-refractivity contribution in [3.63, 3.8) is 0 Å². The first-order chi connectivity index (χ1) is 17.4. The number of oxime groups is 1. The summed E-state index contributed by atoms with van der Waals surface area (Å²) < 4.78 is 29.6. The van der Waals surface area contributed by atoms with Crippen LogP contribution in [0.15, 0.2) is 70.0 Å². The van der Waals surface area contributed by atoms with Crippen molar-refractivity contribution >= 4 is 32.8 Å². The molecule has 0 bridgehead atoms. The predicted molar refractivity (Wildman–Crippen MR) is 148 cm³/mol. The Hall–Kier alpha value is -2.68. The molecule has 0 saturated heterocycles. The Labute approximate surface area is 218 Å². The van der Waals surface area contributed by atoms with Gasteiger partial charge in [0.05, 0.1) is 11.4 Å². The van der Waals surface area contributed by atoms with Crippen molar-refractivity contribution in [1.29, 1.82) is 0 Å². The van der Waals surface area contributed by atoms with Gasteiger partial charge in [-0.1, -0.05) is 73.7 Å². The van der Waals surface area contributed by atoms with Crippen LogP contribution >= 0.6 is 11.3 Å². The van der Waals surface area contributed by atoms with E-state index in [1.54, 1.807) is 13.0 Å². The van der Waals surface area contributed by atoms with Gasteiger partial charge in [0.2, 0.25) is 0 Å². The molecule has 0 amide bonds. The van der Waals surface area contributed by atoms with Gasteiger partial charge in [-0.05, 0) is 67.1 Å². The molecule has 1 heterocycles. The van der Waals surface area contributed by atoms with Gasteiger partial charge in [0.25, 0.3) is 10.0 Å². The second-order valence-corrected chi connectivity index (χ2v) is 12.7. The molecule has 0 radical (unpaired) electrons. The maximum absolute atomic E-state index is 13.2. The lowest BCUT2D eigenvalue weighted by molar-refractivity contribution is 0.305. The van der Waals surface area contributed by atoms with Gasteiger partial charge in [0, 0.05) is 17.5 Å². The SMILES string of the molecule is CC(=NO)c1cccc(-c2ccc(S(=O)(=O)Nc3ccccc3CN[C@@H](C)CC3CCCCC3)s2)c1. The minimum atomic E-state index is -3.74. The van der Waals surface area contributed by atoms with Gasteiger partial charge in [-0.15, -0.1) is 11.3 Å². The number of nitrogens with one attached hydrogen (secondary N) is 2. The molecule has 4 rings (SSSR count). The number of hydrogen-bond donors (Lipinski definition) is 3. The van der Waals surface area contributed by atoms with Crippen LogP contribution < -0.4 is 10.0 Å². The van der Waals surface area contributed by atoms with Crippen LogP contribution in [0.4, 0.5) is 5.69 Å². The van der Waals surface area contributed by atoms with Crippen molar-refractivity contribution < 1.29 is 13.6 Å². The zero-order chi connectivity index (χ0) is 25.5. The Bertz CT molecular complexity index is 1290. The first-order valence-corrected chi connectivity index (χ1v) is 14.9. The number of para-hydroxylation sites is 1. The minimum Gasteiger partial charge on any atom is -0.411 e. The molecule has 2 aromatic carbocycles. The molecular weight excluding hydrogens is 490 g/mol. The van der Waals surface area contributed by atoms with E-state index in [1.807, 2.05) is 54.6 Å². The van der Waals surface area contributed by atoms with E-state index >= 15 is 0 Å². The highest BCUT2D eigenvalue weighted by atomic mass is 32.2. The monoisotopic (exact) mass is 525 g/mol. The van der Waals surface area contributed by atoms with Crippen molar-refractivity contribution in [3.8, 4) is 10.4 Å². The summed E-state index contributed by atoms with van der Waals surface area (Å²) in [6, 6.07) is 18.9. The molecule has 1 aromatic heterocycles. The third-order valence-corrected chi connectivity index (χ3v) is 9.87. The summed E-state index contributed by atoms with van der Waals surface area (Å²) in [6.07, 6.45) is 7.86. The number of rotatable bonds is 10. The van der Waals surface area contributed by atoms with Crippen molar-refractivity contribution in [2.24, 2.45) is 11.1 Å². The molecule has 0 unspecified atom stereocenters. The highest BCUT2D eigenvalue weighted by Crippen LogP contribution is 2.33. The van der Waals surface area contributed by atoms with Crippen LogP contribution in [0.25, 0.3) is 10.4 Å². The number of benzene rings is 2. The number of anilines is 1. The zero-order valence-electron chi connectivity index (χ0n) is 20.9. The summed E-state index contributed by atoms with van der Waals surface area (Å²) in [5.74, 6) is 0.795. The van der Waals surface area contributed by atoms with Crippen molar-refractivity contribution in [2.75, 3.05) is 4.72 Å². The van der Waals surface area contributed by atoms with Gasteiger partial charge in [0.15, 0.2) is 0 Å². The Morgan fingerprint density at radius 1 is 1.08 bits per heavy atom. The van der Waals surface area contributed by atoms with Crippen LogP contribution in [0.2, 0.25) is 0 Å². The topological polar surface area (TPSA) is 90.8 Å². The summed E-state index contributed by atoms with van der Waals surface area (Å²) >= 11 is 1.22. The van der Waals surface area contributed by atoms with Crippen molar-refractivity contribution in [1.82, 2.24) is 5.32 Å². The molecular formula is C28H35N3O3S2. The highest BCUT2D eigenvalue weighted by Gasteiger charge is 2.20. The Balaban J connectivity index is 1.44. The van der Waals surface area contributed by atoms with Crippen LogP contribution in [-0.4, -0.2) is 25.4 Å². The minimum absolute atomic E-state index is 0.254. The molecule has 8 heteroatoms. The first-order valence-electron chi connectivity index (χ1n) is 12.6. The van der Waals surface area contributed by atoms with Crippen molar-refractivity contribution in [3.05, 3.63) is 71.8 Å². The van der Waals surface area contributed by atoms with Crippen LogP contribution in [-0.2, 0) is 16.6 Å². The van der Waals surface area contributed by atoms with Gasteiger partial charge in [0.1, 0.15) is 4.21 Å². The molecule has 3 aromatic rings. The van der Waals surface area contributed by atoms with Gasteiger partial charge in [-0.25, -0.2) is 8.42 Å². The maximum Gasteiger partial charge on any atom is 0.271 e. The van der Waals surface area contributed by atoms with E-state index in [-0.39, 0.29) is 4.21 Å². The van der Waals surface area contributed by atoms with Gasteiger partial charge < -0.3 is 10.5 Å². The summed E-state index contributed by atoms with van der Waals surface area (Å²) in [6.45, 7) is 4.55. The maximum atomic E-state index is 13.2. The molecule has 36 heavy (non-hydrogen) atoms. The van der Waals surface area contributed by atoms with E-state index in [4.69, 9.17) is 5.21 Å². The molecule has 192 valence electrons. The average molecular weight is 526 g/mol. The zero-order valence-corrected chi connectivity index (χ0v) is 22.5. The van der Waals surface area contributed by atoms with Gasteiger partial charge in [-0.3, -0.25) is 4.72 Å². The molecule has 1 atom stereocenters. The average Bonchev–Trinajstić information content (AvgIpc) is 3.40. The smallest absolute Gasteiger partial charge is 0.271 e. The summed E-state index contributed by atoms with van der Waals surface area (Å²) in [4.78, 5) is 0.828. The van der Waals surface area contributed by atoms with Crippen LogP contribution in [0.5, 0.6) is 0 Å². The van der Waals surface area contributed by atoms with Crippen molar-refractivity contribution in [2.45, 2.75) is 69.2 Å². The summed E-state index contributed by atoms with van der Waals surface area (Å²) in [5.41, 5.74) is 3.69. The Kier molecular flexibility index (Phi) is 8.82. The van der Waals surface area contributed by atoms with Crippen LogP contribution in [0, 0.1) is 5.92 Å². The second kappa shape index (κ2) is 12.0. The fourth-order valence-corrected chi connectivity index (χ4v) is 7.24. The number of nitrogens with zero attached hydrogens (tertiary/aromatic N) is 1. The van der Waals surface area contributed by atoms with Crippen LogP contribution in [0.3, 0.4) is 0 Å². The lowest BCUT2D eigenvalue weighted by Crippen LogP contribution is -2.29. The molecule has 3 N–H and O–H groups in total. The lowest BCUT2D eigenvalue weighted by Gasteiger charge is -2.25. The normalized spacial score (nSPS) is 16.1. The Morgan fingerprint density at radius 2 is 1.86 bits per heavy atom. The van der Waals surface area contributed by atoms with E-state index < -0.39 is 10.0 Å². The largest absolute Gasteiger partial charge is 0.411 e. The third kappa shape index (κ3) is 6.75. The number of sulfonamides is 1. The van der Waals surface area contributed by atoms with E-state index in [9.17, 15) is 8.42 Å². The number of thiophene rings is 1. The molecule has 0 aliphatic heterocycles. The predicted octanol–water partition coefficient (Wildman–Crippen LogP) is 6.86. The standard InChI is InChI=1S/C28H35N3O3S2/c1-20(17-22-9-4-3-5-10-22)29-19-25-11-6-7-14-26(25)31-36(33,34)28-16-15-27(35-28)24-13-8-12-23(18-24)21(2)30-32/h6-8,11-16,18,20,22,29,31-32H,3-5,9-10,17,19H2,1-2H3/t20-/m0/s1. The molecule has 1 aliphatic rings. The molecule has 1 aliphatic carbocycles. The van der Waals surface area contributed by atoms with Gasteiger partial charge >= 0.3 is 0 Å². The molecule has 1 fully saturated rings.